The van der Waals surface area contributed by atoms with Crippen molar-refractivity contribution in [2.45, 2.75) is 0 Å². The van der Waals surface area contributed by atoms with Gasteiger partial charge in [-0.2, -0.15) is 0 Å². The van der Waals surface area contributed by atoms with Crippen LogP contribution in [-0.2, 0) is 0 Å². The van der Waals surface area contributed by atoms with Gasteiger partial charge in [-0.25, -0.2) is 9.18 Å². The van der Waals surface area contributed by atoms with Crippen LogP contribution >= 0.6 is 0 Å². The van der Waals surface area contributed by atoms with E-state index in [0.29, 0.717) is 5.39 Å². The van der Waals surface area contributed by atoms with Crippen molar-refractivity contribution < 1.29 is 14.3 Å². The van der Waals surface area contributed by atoms with E-state index in [1.807, 2.05) is 0 Å². The lowest BCUT2D eigenvalue weighted by molar-refractivity contribution is 0.0699. The lowest BCUT2D eigenvalue weighted by Gasteiger charge is -2.05. The summed E-state index contributed by atoms with van der Waals surface area (Å²) in [7, 11) is 0. The predicted octanol–water partition coefficient (Wildman–Crippen LogP) is 2.26. The molecule has 2 aromatic rings. The number of hydrogen-bond acceptors (Lipinski definition) is 2. The van der Waals surface area contributed by atoms with Crippen molar-refractivity contribution in [1.29, 1.82) is 0 Å². The summed E-state index contributed by atoms with van der Waals surface area (Å²) in [6.45, 7) is 0. The van der Waals surface area contributed by atoms with Crippen LogP contribution in [0.5, 0.6) is 0 Å². The van der Waals surface area contributed by atoms with Crippen LogP contribution in [0, 0.1) is 5.82 Å². The van der Waals surface area contributed by atoms with Crippen LogP contribution in [0.4, 0.5) is 10.1 Å². The SMILES string of the molecule is Nc1ccc(C(=O)O)c2cccc(F)c12. The molecule has 0 atom stereocenters. The summed E-state index contributed by atoms with van der Waals surface area (Å²) >= 11 is 0. The van der Waals surface area contributed by atoms with E-state index in [1.54, 1.807) is 0 Å². The van der Waals surface area contributed by atoms with Crippen molar-refractivity contribution in [3.05, 3.63) is 41.7 Å². The van der Waals surface area contributed by atoms with Crippen molar-refractivity contribution in [1.82, 2.24) is 0 Å². The fourth-order valence-corrected chi connectivity index (χ4v) is 1.57. The molecule has 0 aliphatic rings. The Hall–Kier alpha value is -2.10. The number of anilines is 1. The number of rotatable bonds is 1. The molecule has 0 unspecified atom stereocenters. The molecule has 0 radical (unpaired) electrons. The maximum Gasteiger partial charge on any atom is 0.336 e. The van der Waals surface area contributed by atoms with E-state index in [4.69, 9.17) is 10.8 Å². The Kier molecular flexibility index (Phi) is 2.04. The Bertz CT molecular complexity index is 543. The summed E-state index contributed by atoms with van der Waals surface area (Å²) in [5.74, 6) is -1.60. The fourth-order valence-electron chi connectivity index (χ4n) is 1.57. The zero-order chi connectivity index (χ0) is 11.0. The van der Waals surface area contributed by atoms with Gasteiger partial charge in [0.15, 0.2) is 0 Å². The van der Waals surface area contributed by atoms with Crippen LogP contribution in [0.2, 0.25) is 0 Å². The van der Waals surface area contributed by atoms with Crippen LogP contribution < -0.4 is 5.73 Å². The first-order valence-corrected chi connectivity index (χ1v) is 4.31. The van der Waals surface area contributed by atoms with Crippen LogP contribution in [0.25, 0.3) is 10.8 Å². The Morgan fingerprint density at radius 2 is 2.00 bits per heavy atom. The van der Waals surface area contributed by atoms with E-state index in [0.717, 1.165) is 0 Å². The maximum atomic E-state index is 13.4. The zero-order valence-electron chi connectivity index (χ0n) is 7.70. The van der Waals surface area contributed by atoms with Gasteiger partial charge in [-0.1, -0.05) is 12.1 Å². The monoisotopic (exact) mass is 205 g/mol. The number of carboxylic acid groups (broad SMARTS) is 1. The number of nitrogens with two attached hydrogens (primary N) is 1. The van der Waals surface area contributed by atoms with Crippen LogP contribution in [0.1, 0.15) is 10.4 Å². The first kappa shape index (κ1) is 9.45. The molecule has 3 nitrogen and oxygen atoms in total. The topological polar surface area (TPSA) is 63.3 Å². The highest BCUT2D eigenvalue weighted by molar-refractivity contribution is 6.07. The summed E-state index contributed by atoms with van der Waals surface area (Å²) in [4.78, 5) is 10.9. The van der Waals surface area contributed by atoms with Crippen molar-refractivity contribution in [3.8, 4) is 0 Å². The molecule has 15 heavy (non-hydrogen) atoms. The number of nitrogen functional groups attached to an aromatic ring is 1. The largest absolute Gasteiger partial charge is 0.478 e. The molecule has 0 fully saturated rings. The Morgan fingerprint density at radius 1 is 1.27 bits per heavy atom. The van der Waals surface area contributed by atoms with Crippen molar-refractivity contribution in [2.24, 2.45) is 0 Å². The number of halogens is 1. The molecule has 0 bridgehead atoms. The second kappa shape index (κ2) is 3.24. The third kappa shape index (κ3) is 1.40. The Labute approximate surface area is 84.9 Å². The van der Waals surface area contributed by atoms with Gasteiger partial charge >= 0.3 is 5.97 Å². The molecule has 0 aliphatic heterocycles. The molecular formula is C11H8FNO2. The van der Waals surface area contributed by atoms with E-state index in [-0.39, 0.29) is 16.6 Å². The lowest BCUT2D eigenvalue weighted by atomic mass is 10.0. The molecule has 2 rings (SSSR count). The van der Waals surface area contributed by atoms with Crippen LogP contribution in [0.3, 0.4) is 0 Å². The molecule has 76 valence electrons. The van der Waals surface area contributed by atoms with Crippen molar-refractivity contribution in [3.63, 3.8) is 0 Å². The van der Waals surface area contributed by atoms with Gasteiger partial charge in [0, 0.05) is 16.5 Å². The number of aromatic carboxylic acids is 1. The standard InChI is InChI=1S/C11H8FNO2/c12-8-3-1-2-6-7(11(14)15)4-5-9(13)10(6)8/h1-5H,13H2,(H,14,15). The van der Waals surface area contributed by atoms with Gasteiger partial charge in [0.1, 0.15) is 5.82 Å². The third-order valence-electron chi connectivity index (χ3n) is 2.25. The highest BCUT2D eigenvalue weighted by Gasteiger charge is 2.12. The smallest absolute Gasteiger partial charge is 0.336 e. The molecule has 0 amide bonds. The zero-order valence-corrected chi connectivity index (χ0v) is 7.70. The fraction of sp³-hybridized carbons (Fsp3) is 0. The van der Waals surface area contributed by atoms with Gasteiger partial charge < -0.3 is 10.8 Å². The highest BCUT2D eigenvalue weighted by atomic mass is 19.1. The highest BCUT2D eigenvalue weighted by Crippen LogP contribution is 2.27. The molecule has 0 saturated carbocycles. The van der Waals surface area contributed by atoms with Gasteiger partial charge in [0.05, 0.1) is 5.56 Å². The van der Waals surface area contributed by atoms with E-state index in [1.165, 1.54) is 30.3 Å². The second-order valence-electron chi connectivity index (χ2n) is 3.17. The summed E-state index contributed by atoms with van der Waals surface area (Å²) in [5, 5.41) is 9.39. The second-order valence-corrected chi connectivity index (χ2v) is 3.17. The normalized spacial score (nSPS) is 10.5. The van der Waals surface area contributed by atoms with Crippen LogP contribution in [0.15, 0.2) is 30.3 Å². The molecule has 0 spiro atoms. The van der Waals surface area contributed by atoms with Gasteiger partial charge in [-0.05, 0) is 18.2 Å². The molecule has 0 aromatic heterocycles. The minimum Gasteiger partial charge on any atom is -0.478 e. The summed E-state index contributed by atoms with van der Waals surface area (Å²) in [6.07, 6.45) is 0. The van der Waals surface area contributed by atoms with Crippen molar-refractivity contribution >= 4 is 22.4 Å². The van der Waals surface area contributed by atoms with Gasteiger partial charge in [0.2, 0.25) is 0 Å². The molecular weight excluding hydrogens is 197 g/mol. The van der Waals surface area contributed by atoms with Crippen LogP contribution in [-0.4, -0.2) is 11.1 Å². The number of fused-ring (bicyclic) bond motifs is 1. The van der Waals surface area contributed by atoms with E-state index < -0.39 is 11.8 Å². The van der Waals surface area contributed by atoms with Gasteiger partial charge in [-0.15, -0.1) is 0 Å². The number of benzene rings is 2. The Morgan fingerprint density at radius 3 is 2.67 bits per heavy atom. The minimum atomic E-state index is -1.09. The Balaban J connectivity index is 2.95. The molecule has 3 N–H and O–H groups in total. The van der Waals surface area contributed by atoms with Crippen molar-refractivity contribution in [2.75, 3.05) is 5.73 Å². The summed E-state index contributed by atoms with van der Waals surface area (Å²) < 4.78 is 13.4. The van der Waals surface area contributed by atoms with Gasteiger partial charge in [-0.3, -0.25) is 0 Å². The van der Waals surface area contributed by atoms with E-state index in [9.17, 15) is 9.18 Å². The summed E-state index contributed by atoms with van der Waals surface area (Å²) in [6, 6.07) is 7.03. The average molecular weight is 205 g/mol. The molecule has 0 aliphatic carbocycles. The third-order valence-corrected chi connectivity index (χ3v) is 2.25. The average Bonchev–Trinajstić information content (AvgIpc) is 2.17. The first-order chi connectivity index (χ1) is 7.11. The maximum absolute atomic E-state index is 13.4. The number of hydrogen-bond donors (Lipinski definition) is 2. The minimum absolute atomic E-state index is 0.0544. The molecule has 0 heterocycles. The molecule has 4 heteroatoms. The summed E-state index contributed by atoms with van der Waals surface area (Å²) in [5.41, 5.74) is 5.89. The predicted molar refractivity (Wildman–Crippen MR) is 55.3 cm³/mol. The molecule has 2 aromatic carbocycles. The number of carbonyl (C=O) groups is 1. The van der Waals surface area contributed by atoms with Gasteiger partial charge in [0.25, 0.3) is 0 Å². The molecule has 0 saturated heterocycles. The number of carboxylic acids is 1. The van der Waals surface area contributed by atoms with E-state index in [2.05, 4.69) is 0 Å². The quantitative estimate of drug-likeness (QED) is 0.702. The lowest BCUT2D eigenvalue weighted by Crippen LogP contribution is -2.00. The van der Waals surface area contributed by atoms with E-state index >= 15 is 0 Å². The first-order valence-electron chi connectivity index (χ1n) is 4.31.